The molecule has 4 nitrogen and oxygen atoms in total. The molecule has 1 aliphatic rings. The average Bonchev–Trinajstić information content (AvgIpc) is 2.94. The zero-order valence-corrected chi connectivity index (χ0v) is 13.0. The van der Waals surface area contributed by atoms with E-state index in [9.17, 15) is 0 Å². The van der Waals surface area contributed by atoms with Gasteiger partial charge in [-0.05, 0) is 18.4 Å². The molecule has 1 atom stereocenters. The van der Waals surface area contributed by atoms with E-state index in [2.05, 4.69) is 34.0 Å². The number of anilines is 1. The summed E-state index contributed by atoms with van der Waals surface area (Å²) in [5.41, 5.74) is 6.25. The molecule has 0 saturated carbocycles. The van der Waals surface area contributed by atoms with Gasteiger partial charge >= 0.3 is 0 Å². The number of hydrogen-bond acceptors (Lipinski definition) is 5. The van der Waals surface area contributed by atoms with Crippen LogP contribution in [0.25, 0.3) is 0 Å². The molecule has 1 aliphatic heterocycles. The molecule has 0 radical (unpaired) electrons. The van der Waals surface area contributed by atoms with Crippen LogP contribution in [-0.4, -0.2) is 49.2 Å². The highest BCUT2D eigenvalue weighted by Crippen LogP contribution is 2.25. The third-order valence-electron chi connectivity index (χ3n) is 4.01. The van der Waals surface area contributed by atoms with Gasteiger partial charge in [-0.15, -0.1) is 11.3 Å². The Hall–Kier alpha value is -0.650. The van der Waals surface area contributed by atoms with Crippen LogP contribution in [0.4, 0.5) is 5.13 Å². The van der Waals surface area contributed by atoms with Crippen LogP contribution in [0, 0.1) is 5.41 Å². The van der Waals surface area contributed by atoms with Crippen LogP contribution < -0.4 is 10.6 Å². The van der Waals surface area contributed by atoms with Gasteiger partial charge in [-0.2, -0.15) is 0 Å². The number of hydrogen-bond donors (Lipinski definition) is 1. The zero-order valence-electron chi connectivity index (χ0n) is 12.1. The lowest BCUT2D eigenvalue weighted by atomic mass is 9.85. The normalized spacial score (nSPS) is 20.5. The lowest BCUT2D eigenvalue weighted by Gasteiger charge is -2.39. The Balaban J connectivity index is 1.83. The van der Waals surface area contributed by atoms with Gasteiger partial charge in [0, 0.05) is 44.3 Å². The van der Waals surface area contributed by atoms with Crippen molar-refractivity contribution in [3.05, 3.63) is 11.6 Å². The highest BCUT2D eigenvalue weighted by molar-refractivity contribution is 7.13. The number of aromatic nitrogens is 1. The van der Waals surface area contributed by atoms with Gasteiger partial charge in [0.1, 0.15) is 0 Å². The lowest BCUT2D eigenvalue weighted by Crippen LogP contribution is -2.50. The summed E-state index contributed by atoms with van der Waals surface area (Å²) >= 11 is 1.73. The smallest absolute Gasteiger partial charge is 0.185 e. The number of nitrogens with zero attached hydrogens (tertiary/aromatic N) is 3. The van der Waals surface area contributed by atoms with Crippen molar-refractivity contribution >= 4 is 16.5 Å². The second-order valence-electron chi connectivity index (χ2n) is 5.84. The predicted octanol–water partition coefficient (Wildman–Crippen LogP) is 2.03. The minimum atomic E-state index is 0.276. The van der Waals surface area contributed by atoms with Gasteiger partial charge in [0.05, 0.1) is 0 Å². The molecule has 0 amide bonds. The van der Waals surface area contributed by atoms with Crippen LogP contribution in [0.1, 0.15) is 26.7 Å². The molecule has 5 heteroatoms. The lowest BCUT2D eigenvalue weighted by molar-refractivity contribution is 0.152. The first-order valence-electron chi connectivity index (χ1n) is 7.24. The largest absolute Gasteiger partial charge is 0.346 e. The Morgan fingerprint density at radius 3 is 2.63 bits per heavy atom. The van der Waals surface area contributed by atoms with E-state index >= 15 is 0 Å². The summed E-state index contributed by atoms with van der Waals surface area (Å²) in [5.74, 6) is 0. The highest BCUT2D eigenvalue weighted by atomic mass is 32.1. The predicted molar refractivity (Wildman–Crippen MR) is 82.8 cm³/mol. The molecule has 1 aromatic rings. The van der Waals surface area contributed by atoms with Crippen LogP contribution in [0.15, 0.2) is 11.6 Å². The Bertz CT molecular complexity index is 360. The Morgan fingerprint density at radius 2 is 2.11 bits per heavy atom. The summed E-state index contributed by atoms with van der Waals surface area (Å²) in [7, 11) is 0. The van der Waals surface area contributed by atoms with Crippen LogP contribution in [0.5, 0.6) is 0 Å². The van der Waals surface area contributed by atoms with Crippen molar-refractivity contribution in [1.29, 1.82) is 0 Å². The molecule has 1 unspecified atom stereocenters. The summed E-state index contributed by atoms with van der Waals surface area (Å²) in [5, 5.41) is 3.21. The fraction of sp³-hybridized carbons (Fsp3) is 0.786. The van der Waals surface area contributed by atoms with Crippen molar-refractivity contribution in [2.45, 2.75) is 26.7 Å². The third kappa shape index (κ3) is 3.91. The molecular formula is C14H26N4S. The molecule has 0 bridgehead atoms. The fourth-order valence-corrected chi connectivity index (χ4v) is 3.56. The van der Waals surface area contributed by atoms with E-state index in [1.165, 1.54) is 12.8 Å². The zero-order chi connectivity index (χ0) is 13.7. The van der Waals surface area contributed by atoms with Crippen molar-refractivity contribution in [2.75, 3.05) is 44.2 Å². The summed E-state index contributed by atoms with van der Waals surface area (Å²) in [6, 6.07) is 0. The molecule has 0 spiro atoms. The van der Waals surface area contributed by atoms with E-state index in [0.29, 0.717) is 0 Å². The molecule has 0 aliphatic carbocycles. The molecule has 0 aromatic carbocycles. The van der Waals surface area contributed by atoms with E-state index in [0.717, 1.165) is 44.4 Å². The summed E-state index contributed by atoms with van der Waals surface area (Å²) in [4.78, 5) is 9.34. The average molecular weight is 282 g/mol. The summed E-state index contributed by atoms with van der Waals surface area (Å²) in [6.07, 6.45) is 4.32. The third-order valence-corrected chi connectivity index (χ3v) is 4.85. The summed E-state index contributed by atoms with van der Waals surface area (Å²) in [6.45, 7) is 10.9. The van der Waals surface area contributed by atoms with Crippen molar-refractivity contribution in [2.24, 2.45) is 11.1 Å². The van der Waals surface area contributed by atoms with Gasteiger partial charge in [0.15, 0.2) is 5.13 Å². The number of rotatable bonds is 6. The molecule has 2 rings (SSSR count). The standard InChI is InChI=1S/C14H26N4S/c1-3-4-14(2,11-15)12-17-6-8-18(9-7-17)13-16-5-10-19-13/h5,10H,3-4,6-9,11-12,15H2,1-2H3. The second-order valence-corrected chi connectivity index (χ2v) is 6.72. The molecule has 1 fully saturated rings. The summed E-state index contributed by atoms with van der Waals surface area (Å²) < 4.78 is 0. The molecule has 2 heterocycles. The molecular weight excluding hydrogens is 256 g/mol. The van der Waals surface area contributed by atoms with Gasteiger partial charge < -0.3 is 10.6 Å². The molecule has 1 saturated heterocycles. The van der Waals surface area contributed by atoms with Crippen molar-refractivity contribution in [3.8, 4) is 0 Å². The molecule has 1 aromatic heterocycles. The SMILES string of the molecule is CCCC(C)(CN)CN1CCN(c2nccs2)CC1. The van der Waals surface area contributed by atoms with Gasteiger partial charge in [0.25, 0.3) is 0 Å². The monoisotopic (exact) mass is 282 g/mol. The maximum atomic E-state index is 5.97. The van der Waals surface area contributed by atoms with Gasteiger partial charge in [-0.25, -0.2) is 4.98 Å². The first-order chi connectivity index (χ1) is 9.17. The maximum Gasteiger partial charge on any atom is 0.185 e. The van der Waals surface area contributed by atoms with Gasteiger partial charge in [-0.1, -0.05) is 20.3 Å². The quantitative estimate of drug-likeness (QED) is 0.867. The van der Waals surface area contributed by atoms with Crippen LogP contribution in [-0.2, 0) is 0 Å². The highest BCUT2D eigenvalue weighted by Gasteiger charge is 2.27. The number of piperazine rings is 1. The Kier molecular flexibility index (Phi) is 5.19. The topological polar surface area (TPSA) is 45.4 Å². The van der Waals surface area contributed by atoms with E-state index < -0.39 is 0 Å². The van der Waals surface area contributed by atoms with E-state index in [4.69, 9.17) is 5.73 Å². The minimum absolute atomic E-state index is 0.276. The first-order valence-corrected chi connectivity index (χ1v) is 8.12. The molecule has 19 heavy (non-hydrogen) atoms. The maximum absolute atomic E-state index is 5.97. The van der Waals surface area contributed by atoms with E-state index in [1.807, 2.05) is 6.20 Å². The van der Waals surface area contributed by atoms with Crippen LogP contribution in [0.2, 0.25) is 0 Å². The van der Waals surface area contributed by atoms with Crippen molar-refractivity contribution in [3.63, 3.8) is 0 Å². The molecule has 2 N–H and O–H groups in total. The van der Waals surface area contributed by atoms with Crippen molar-refractivity contribution < 1.29 is 0 Å². The van der Waals surface area contributed by atoms with Crippen molar-refractivity contribution in [1.82, 2.24) is 9.88 Å². The van der Waals surface area contributed by atoms with Crippen LogP contribution in [0.3, 0.4) is 0 Å². The Labute approximate surface area is 120 Å². The fourth-order valence-electron chi connectivity index (χ4n) is 2.86. The van der Waals surface area contributed by atoms with Crippen LogP contribution >= 0.6 is 11.3 Å². The minimum Gasteiger partial charge on any atom is -0.346 e. The van der Waals surface area contributed by atoms with E-state index in [1.54, 1.807) is 11.3 Å². The first kappa shape index (κ1) is 14.8. The van der Waals surface area contributed by atoms with E-state index in [-0.39, 0.29) is 5.41 Å². The number of nitrogens with two attached hydrogens (primary N) is 1. The second kappa shape index (κ2) is 6.68. The Morgan fingerprint density at radius 1 is 1.37 bits per heavy atom. The van der Waals surface area contributed by atoms with Gasteiger partial charge in [0.2, 0.25) is 0 Å². The molecule has 108 valence electrons. The number of thiazole rings is 1. The van der Waals surface area contributed by atoms with Gasteiger partial charge in [-0.3, -0.25) is 4.90 Å².